The van der Waals surface area contributed by atoms with Crippen LogP contribution < -0.4 is 5.32 Å². The highest BCUT2D eigenvalue weighted by molar-refractivity contribution is 5.86. The van der Waals surface area contributed by atoms with Crippen molar-refractivity contribution in [2.75, 3.05) is 26.3 Å². The molecule has 1 atom stereocenters. The molecule has 2 heterocycles. The number of aromatic nitrogens is 1. The minimum atomic E-state index is -0.685. The van der Waals surface area contributed by atoms with Crippen LogP contribution in [0.3, 0.4) is 0 Å². The topological polar surface area (TPSA) is 80.8 Å². The van der Waals surface area contributed by atoms with Gasteiger partial charge in [0.1, 0.15) is 12.6 Å². The molecule has 142 valence electrons. The molecule has 0 unspecified atom stereocenters. The summed E-state index contributed by atoms with van der Waals surface area (Å²) in [6, 6.07) is 12.5. The van der Waals surface area contributed by atoms with E-state index in [0.29, 0.717) is 32.7 Å². The van der Waals surface area contributed by atoms with Crippen LogP contribution in [0.4, 0.5) is 4.79 Å². The van der Waals surface area contributed by atoms with E-state index in [4.69, 9.17) is 9.47 Å². The van der Waals surface area contributed by atoms with Gasteiger partial charge >= 0.3 is 6.09 Å². The van der Waals surface area contributed by atoms with Crippen molar-refractivity contribution < 1.29 is 19.1 Å². The van der Waals surface area contributed by atoms with E-state index in [-0.39, 0.29) is 12.5 Å². The van der Waals surface area contributed by atoms with Crippen LogP contribution in [0.5, 0.6) is 0 Å². The Bertz CT molecular complexity index is 733. The molecule has 2 amide bonds. The van der Waals surface area contributed by atoms with E-state index in [9.17, 15) is 9.59 Å². The Kier molecular flexibility index (Phi) is 6.76. The number of hydrogen-bond acceptors (Lipinski definition) is 5. The minimum Gasteiger partial charge on any atom is -0.445 e. The minimum absolute atomic E-state index is 0.122. The molecular formula is C20H23N3O4. The average Bonchev–Trinajstić information content (AvgIpc) is 2.73. The predicted molar refractivity (Wildman–Crippen MR) is 98.9 cm³/mol. The number of pyridine rings is 1. The van der Waals surface area contributed by atoms with Crippen molar-refractivity contribution in [1.82, 2.24) is 15.2 Å². The molecule has 2 aromatic rings. The lowest BCUT2D eigenvalue weighted by Crippen LogP contribution is -2.52. The fourth-order valence-corrected chi connectivity index (χ4v) is 2.87. The predicted octanol–water partition coefficient (Wildman–Crippen LogP) is 1.78. The lowest BCUT2D eigenvalue weighted by molar-refractivity contribution is -0.137. The Hall–Kier alpha value is -2.93. The molecule has 1 aliphatic rings. The number of carbonyl (C=O) groups is 2. The number of amides is 2. The molecular weight excluding hydrogens is 346 g/mol. The van der Waals surface area contributed by atoms with Gasteiger partial charge in [-0.3, -0.25) is 9.78 Å². The maximum absolute atomic E-state index is 12.9. The van der Waals surface area contributed by atoms with Gasteiger partial charge in [-0.1, -0.05) is 30.3 Å². The largest absolute Gasteiger partial charge is 0.445 e. The first-order chi connectivity index (χ1) is 13.2. The van der Waals surface area contributed by atoms with Crippen LogP contribution in [0.1, 0.15) is 11.1 Å². The molecule has 0 bridgehead atoms. The summed E-state index contributed by atoms with van der Waals surface area (Å²) in [6.45, 7) is 2.19. The Morgan fingerprint density at radius 1 is 1.07 bits per heavy atom. The van der Waals surface area contributed by atoms with Crippen molar-refractivity contribution >= 4 is 12.0 Å². The van der Waals surface area contributed by atoms with Crippen LogP contribution >= 0.6 is 0 Å². The number of benzene rings is 1. The highest BCUT2D eigenvalue weighted by atomic mass is 16.5. The van der Waals surface area contributed by atoms with Gasteiger partial charge in [0.25, 0.3) is 0 Å². The second-order valence-corrected chi connectivity index (χ2v) is 6.26. The average molecular weight is 369 g/mol. The third-order valence-electron chi connectivity index (χ3n) is 4.31. The van der Waals surface area contributed by atoms with Gasteiger partial charge in [0.05, 0.1) is 13.2 Å². The summed E-state index contributed by atoms with van der Waals surface area (Å²) in [5, 5.41) is 2.72. The second-order valence-electron chi connectivity index (χ2n) is 6.26. The van der Waals surface area contributed by atoms with Gasteiger partial charge in [-0.25, -0.2) is 4.79 Å². The number of rotatable bonds is 6. The third-order valence-corrected chi connectivity index (χ3v) is 4.31. The summed E-state index contributed by atoms with van der Waals surface area (Å²) in [7, 11) is 0. The maximum atomic E-state index is 12.9. The number of hydrogen-bond donors (Lipinski definition) is 1. The van der Waals surface area contributed by atoms with Gasteiger partial charge in [-0.05, 0) is 23.3 Å². The Morgan fingerprint density at radius 3 is 2.48 bits per heavy atom. The SMILES string of the molecule is O=C(N[C@@H](Cc1ccccc1)C(=O)N1CCOCC1)OCc1ccncc1. The summed E-state index contributed by atoms with van der Waals surface area (Å²) in [4.78, 5) is 30.8. The van der Waals surface area contributed by atoms with Gasteiger partial charge in [0.15, 0.2) is 0 Å². The smallest absolute Gasteiger partial charge is 0.408 e. The molecule has 1 aliphatic heterocycles. The van der Waals surface area contributed by atoms with E-state index in [0.717, 1.165) is 11.1 Å². The van der Waals surface area contributed by atoms with E-state index in [1.54, 1.807) is 29.4 Å². The first kappa shape index (κ1) is 18.8. The van der Waals surface area contributed by atoms with Crippen molar-refractivity contribution in [3.63, 3.8) is 0 Å². The molecule has 0 aliphatic carbocycles. The van der Waals surface area contributed by atoms with Gasteiger partial charge in [-0.2, -0.15) is 0 Å². The summed E-state index contributed by atoms with van der Waals surface area (Å²) >= 11 is 0. The molecule has 1 N–H and O–H groups in total. The number of morpholine rings is 1. The van der Waals surface area contributed by atoms with Crippen molar-refractivity contribution in [2.45, 2.75) is 19.1 Å². The molecule has 7 heteroatoms. The molecule has 1 fully saturated rings. The van der Waals surface area contributed by atoms with Gasteiger partial charge in [0, 0.05) is 31.9 Å². The summed E-state index contributed by atoms with van der Waals surface area (Å²) in [6.07, 6.45) is 3.06. The first-order valence-corrected chi connectivity index (χ1v) is 8.95. The van der Waals surface area contributed by atoms with Crippen LogP contribution in [0.2, 0.25) is 0 Å². The fraction of sp³-hybridized carbons (Fsp3) is 0.350. The van der Waals surface area contributed by atoms with Crippen LogP contribution in [0, 0.1) is 0 Å². The van der Waals surface area contributed by atoms with E-state index >= 15 is 0 Å². The number of nitrogens with one attached hydrogen (secondary N) is 1. The maximum Gasteiger partial charge on any atom is 0.408 e. The van der Waals surface area contributed by atoms with E-state index in [2.05, 4.69) is 10.3 Å². The number of alkyl carbamates (subject to hydrolysis) is 1. The highest BCUT2D eigenvalue weighted by Gasteiger charge is 2.28. The second kappa shape index (κ2) is 9.68. The van der Waals surface area contributed by atoms with Crippen LogP contribution in [-0.2, 0) is 27.3 Å². The lowest BCUT2D eigenvalue weighted by atomic mass is 10.0. The Morgan fingerprint density at radius 2 is 1.78 bits per heavy atom. The molecule has 3 rings (SSSR count). The van der Waals surface area contributed by atoms with Gasteiger partial charge in [0.2, 0.25) is 5.91 Å². The summed E-state index contributed by atoms with van der Waals surface area (Å²) in [5.41, 5.74) is 1.80. The number of ether oxygens (including phenoxy) is 2. The molecule has 0 saturated carbocycles. The quantitative estimate of drug-likeness (QED) is 0.839. The summed E-state index contributed by atoms with van der Waals surface area (Å²) in [5.74, 6) is -0.122. The monoisotopic (exact) mass is 369 g/mol. The summed E-state index contributed by atoms with van der Waals surface area (Å²) < 4.78 is 10.6. The van der Waals surface area contributed by atoms with Crippen LogP contribution in [0.25, 0.3) is 0 Å². The normalized spacial score (nSPS) is 15.0. The molecule has 1 aromatic carbocycles. The van der Waals surface area contributed by atoms with Crippen molar-refractivity contribution in [3.05, 3.63) is 66.0 Å². The zero-order valence-electron chi connectivity index (χ0n) is 15.0. The van der Waals surface area contributed by atoms with E-state index < -0.39 is 12.1 Å². The molecule has 0 spiro atoms. The van der Waals surface area contributed by atoms with Crippen LogP contribution in [0.15, 0.2) is 54.9 Å². The molecule has 7 nitrogen and oxygen atoms in total. The van der Waals surface area contributed by atoms with Crippen molar-refractivity contribution in [3.8, 4) is 0 Å². The molecule has 1 saturated heterocycles. The lowest BCUT2D eigenvalue weighted by Gasteiger charge is -2.30. The highest BCUT2D eigenvalue weighted by Crippen LogP contribution is 2.09. The fourth-order valence-electron chi connectivity index (χ4n) is 2.87. The standard InChI is InChI=1S/C20H23N3O4/c24-19(23-10-12-26-13-11-23)18(14-16-4-2-1-3-5-16)22-20(25)27-15-17-6-8-21-9-7-17/h1-9,18H,10-15H2,(H,22,25)/t18-/m0/s1. The molecule has 1 aromatic heterocycles. The van der Waals surface area contributed by atoms with Gasteiger partial charge in [-0.15, -0.1) is 0 Å². The zero-order valence-corrected chi connectivity index (χ0v) is 15.0. The Labute approximate surface area is 158 Å². The molecule has 27 heavy (non-hydrogen) atoms. The Balaban J connectivity index is 1.63. The number of nitrogens with zero attached hydrogens (tertiary/aromatic N) is 2. The van der Waals surface area contributed by atoms with E-state index in [1.807, 2.05) is 30.3 Å². The molecule has 0 radical (unpaired) electrons. The first-order valence-electron chi connectivity index (χ1n) is 8.95. The third kappa shape index (κ3) is 5.79. The van der Waals surface area contributed by atoms with Crippen LogP contribution in [-0.4, -0.2) is 54.2 Å². The van der Waals surface area contributed by atoms with Gasteiger partial charge < -0.3 is 19.7 Å². The zero-order chi connectivity index (χ0) is 18.9. The van der Waals surface area contributed by atoms with Crippen molar-refractivity contribution in [2.24, 2.45) is 0 Å². The van der Waals surface area contributed by atoms with Crippen molar-refractivity contribution in [1.29, 1.82) is 0 Å². The number of carbonyl (C=O) groups excluding carboxylic acids is 2. The van der Waals surface area contributed by atoms with E-state index in [1.165, 1.54) is 0 Å².